The fourth-order valence-electron chi connectivity index (χ4n) is 2.05. The SMILES string of the molecule is Cc1c(C(=O)N2CC(=O)NC(=O)C2)cnc2ncnn12. The Morgan fingerprint density at radius 2 is 1.95 bits per heavy atom. The maximum Gasteiger partial charge on any atom is 0.258 e. The van der Waals surface area contributed by atoms with Gasteiger partial charge in [0, 0.05) is 6.20 Å². The highest BCUT2D eigenvalue weighted by molar-refractivity contribution is 6.05. The van der Waals surface area contributed by atoms with Crippen molar-refractivity contribution < 1.29 is 14.4 Å². The Kier molecular flexibility index (Phi) is 2.67. The first-order chi connectivity index (χ1) is 9.56. The monoisotopic (exact) mass is 274 g/mol. The number of amides is 3. The van der Waals surface area contributed by atoms with Crippen molar-refractivity contribution in [3.63, 3.8) is 0 Å². The number of rotatable bonds is 1. The molecule has 1 saturated heterocycles. The molecule has 9 heteroatoms. The summed E-state index contributed by atoms with van der Waals surface area (Å²) in [7, 11) is 0. The molecule has 3 rings (SSSR count). The predicted octanol–water partition coefficient (Wildman–Crippen LogP) is -1.47. The third kappa shape index (κ3) is 1.88. The van der Waals surface area contributed by atoms with Crippen molar-refractivity contribution in [2.24, 2.45) is 0 Å². The van der Waals surface area contributed by atoms with E-state index in [1.807, 2.05) is 0 Å². The minimum atomic E-state index is -0.498. The number of fused-ring (bicyclic) bond motifs is 1. The number of carbonyl (C=O) groups excluding carboxylic acids is 3. The number of aromatic nitrogens is 4. The summed E-state index contributed by atoms with van der Waals surface area (Å²) in [6.07, 6.45) is 2.71. The Bertz CT molecular complexity index is 721. The zero-order valence-electron chi connectivity index (χ0n) is 10.5. The maximum absolute atomic E-state index is 12.4. The van der Waals surface area contributed by atoms with Gasteiger partial charge in [-0.05, 0) is 6.92 Å². The lowest BCUT2D eigenvalue weighted by atomic mass is 10.2. The van der Waals surface area contributed by atoms with Crippen LogP contribution in [0.2, 0.25) is 0 Å². The first-order valence-corrected chi connectivity index (χ1v) is 5.83. The number of aryl methyl sites for hydroxylation is 1. The Morgan fingerprint density at radius 1 is 1.25 bits per heavy atom. The van der Waals surface area contributed by atoms with Crippen molar-refractivity contribution in [1.82, 2.24) is 29.8 Å². The van der Waals surface area contributed by atoms with E-state index in [2.05, 4.69) is 20.4 Å². The molecule has 0 spiro atoms. The van der Waals surface area contributed by atoms with E-state index in [9.17, 15) is 14.4 Å². The molecule has 0 saturated carbocycles. The van der Waals surface area contributed by atoms with Crippen LogP contribution in [-0.2, 0) is 9.59 Å². The van der Waals surface area contributed by atoms with Crippen LogP contribution in [0.4, 0.5) is 0 Å². The molecule has 1 N–H and O–H groups in total. The van der Waals surface area contributed by atoms with E-state index in [0.29, 0.717) is 11.5 Å². The standard InChI is InChI=1S/C11H10N6O3/c1-6-7(2-12-11-13-5-14-17(6)11)10(20)16-3-8(18)15-9(19)4-16/h2,5H,3-4H2,1H3,(H,15,18,19). The first kappa shape index (κ1) is 12.2. The summed E-state index contributed by atoms with van der Waals surface area (Å²) >= 11 is 0. The molecule has 3 heterocycles. The van der Waals surface area contributed by atoms with E-state index in [0.717, 1.165) is 0 Å². The normalized spacial score (nSPS) is 15.6. The highest BCUT2D eigenvalue weighted by atomic mass is 16.2. The molecule has 0 aromatic carbocycles. The van der Waals surface area contributed by atoms with Gasteiger partial charge in [-0.25, -0.2) is 9.50 Å². The summed E-state index contributed by atoms with van der Waals surface area (Å²) in [6.45, 7) is 1.39. The molecule has 0 bridgehead atoms. The quantitative estimate of drug-likeness (QED) is 0.636. The molecule has 9 nitrogen and oxygen atoms in total. The summed E-state index contributed by atoms with van der Waals surface area (Å²) in [5, 5.41) is 6.10. The number of piperazine rings is 1. The van der Waals surface area contributed by atoms with Gasteiger partial charge in [0.25, 0.3) is 11.7 Å². The molecule has 0 radical (unpaired) electrons. The summed E-state index contributed by atoms with van der Waals surface area (Å²) in [4.78, 5) is 44.1. The number of carbonyl (C=O) groups is 3. The lowest BCUT2D eigenvalue weighted by molar-refractivity contribution is -0.135. The van der Waals surface area contributed by atoms with Gasteiger partial charge in [0.05, 0.1) is 11.3 Å². The molecule has 0 aliphatic carbocycles. The second-order valence-corrected chi connectivity index (χ2v) is 4.36. The van der Waals surface area contributed by atoms with Gasteiger partial charge in [0.1, 0.15) is 19.4 Å². The number of nitrogens with zero attached hydrogens (tertiary/aromatic N) is 5. The second kappa shape index (κ2) is 4.37. The maximum atomic E-state index is 12.4. The van der Waals surface area contributed by atoms with Gasteiger partial charge in [-0.15, -0.1) is 0 Å². The van der Waals surface area contributed by atoms with Crippen LogP contribution >= 0.6 is 0 Å². The minimum Gasteiger partial charge on any atom is -0.320 e. The fourth-order valence-corrected chi connectivity index (χ4v) is 2.05. The average Bonchev–Trinajstić information content (AvgIpc) is 2.86. The fraction of sp³-hybridized carbons (Fsp3) is 0.273. The molecule has 1 fully saturated rings. The van der Waals surface area contributed by atoms with Crippen LogP contribution in [0, 0.1) is 6.92 Å². The summed E-state index contributed by atoms with van der Waals surface area (Å²) in [5.74, 6) is -1.05. The van der Waals surface area contributed by atoms with Crippen LogP contribution < -0.4 is 5.32 Å². The highest BCUT2D eigenvalue weighted by Crippen LogP contribution is 2.11. The predicted molar refractivity (Wildman–Crippen MR) is 64.6 cm³/mol. The van der Waals surface area contributed by atoms with Gasteiger partial charge in [-0.2, -0.15) is 10.1 Å². The molecule has 1 aliphatic rings. The number of nitrogens with one attached hydrogen (secondary N) is 1. The zero-order valence-corrected chi connectivity index (χ0v) is 10.5. The Morgan fingerprint density at radius 3 is 2.65 bits per heavy atom. The van der Waals surface area contributed by atoms with Gasteiger partial charge < -0.3 is 4.90 Å². The first-order valence-electron chi connectivity index (χ1n) is 5.83. The largest absolute Gasteiger partial charge is 0.320 e. The molecule has 2 aromatic heterocycles. The Hall–Kier alpha value is -2.84. The molecular weight excluding hydrogens is 264 g/mol. The van der Waals surface area contributed by atoms with E-state index < -0.39 is 17.7 Å². The molecule has 0 atom stereocenters. The highest BCUT2D eigenvalue weighted by Gasteiger charge is 2.28. The summed E-state index contributed by atoms with van der Waals surface area (Å²) in [5.41, 5.74) is 0.835. The van der Waals surface area contributed by atoms with E-state index in [4.69, 9.17) is 0 Å². The van der Waals surface area contributed by atoms with Crippen LogP contribution in [-0.4, -0.2) is 55.3 Å². The second-order valence-electron chi connectivity index (χ2n) is 4.36. The van der Waals surface area contributed by atoms with Crippen molar-refractivity contribution in [3.8, 4) is 0 Å². The van der Waals surface area contributed by atoms with Crippen molar-refractivity contribution in [3.05, 3.63) is 23.8 Å². The van der Waals surface area contributed by atoms with Crippen molar-refractivity contribution in [2.75, 3.05) is 13.1 Å². The zero-order chi connectivity index (χ0) is 14.3. The lowest BCUT2D eigenvalue weighted by Crippen LogP contribution is -2.53. The molecular formula is C11H10N6O3. The van der Waals surface area contributed by atoms with Gasteiger partial charge in [0.2, 0.25) is 11.8 Å². The van der Waals surface area contributed by atoms with Crippen LogP contribution in [0.1, 0.15) is 16.1 Å². The lowest BCUT2D eigenvalue weighted by Gasteiger charge is -2.25. The number of hydrogen-bond acceptors (Lipinski definition) is 6. The topological polar surface area (TPSA) is 110 Å². The van der Waals surface area contributed by atoms with E-state index in [-0.39, 0.29) is 18.7 Å². The van der Waals surface area contributed by atoms with Crippen molar-refractivity contribution >= 4 is 23.5 Å². The third-order valence-electron chi connectivity index (χ3n) is 3.01. The van der Waals surface area contributed by atoms with Crippen LogP contribution in [0.3, 0.4) is 0 Å². The molecule has 1 aliphatic heterocycles. The number of imide groups is 1. The number of hydrogen-bond donors (Lipinski definition) is 1. The Balaban J connectivity index is 1.97. The molecule has 0 unspecified atom stereocenters. The third-order valence-corrected chi connectivity index (χ3v) is 3.01. The van der Waals surface area contributed by atoms with Crippen molar-refractivity contribution in [1.29, 1.82) is 0 Å². The van der Waals surface area contributed by atoms with E-state index in [1.54, 1.807) is 6.92 Å². The summed E-state index contributed by atoms with van der Waals surface area (Å²) in [6, 6.07) is 0. The summed E-state index contributed by atoms with van der Waals surface area (Å²) < 4.78 is 1.43. The van der Waals surface area contributed by atoms with Gasteiger partial charge in [-0.3, -0.25) is 19.7 Å². The molecule has 3 amide bonds. The van der Waals surface area contributed by atoms with Crippen LogP contribution in [0.5, 0.6) is 0 Å². The van der Waals surface area contributed by atoms with E-state index in [1.165, 1.54) is 21.9 Å². The minimum absolute atomic E-state index is 0.153. The molecule has 2 aromatic rings. The molecule has 102 valence electrons. The molecule has 20 heavy (non-hydrogen) atoms. The van der Waals surface area contributed by atoms with Crippen molar-refractivity contribution in [2.45, 2.75) is 6.92 Å². The average molecular weight is 274 g/mol. The van der Waals surface area contributed by atoms with Crippen LogP contribution in [0.15, 0.2) is 12.5 Å². The van der Waals surface area contributed by atoms with Gasteiger partial charge in [-0.1, -0.05) is 0 Å². The van der Waals surface area contributed by atoms with Crippen LogP contribution in [0.25, 0.3) is 5.78 Å². The van der Waals surface area contributed by atoms with Gasteiger partial charge >= 0.3 is 0 Å². The van der Waals surface area contributed by atoms with Gasteiger partial charge in [0.15, 0.2) is 0 Å². The smallest absolute Gasteiger partial charge is 0.258 e. The van der Waals surface area contributed by atoms with E-state index >= 15 is 0 Å². The Labute approximate surface area is 112 Å².